The van der Waals surface area contributed by atoms with Gasteiger partial charge in [0.15, 0.2) is 0 Å². The first kappa shape index (κ1) is 13.6. The number of rotatable bonds is 6. The van der Waals surface area contributed by atoms with E-state index in [9.17, 15) is 0 Å². The van der Waals surface area contributed by atoms with Gasteiger partial charge in [-0.15, -0.1) is 5.10 Å². The Morgan fingerprint density at radius 1 is 1.44 bits per heavy atom. The van der Waals surface area contributed by atoms with Gasteiger partial charge >= 0.3 is 0 Å². The zero-order chi connectivity index (χ0) is 12.8. The van der Waals surface area contributed by atoms with Crippen LogP contribution in [0.5, 0.6) is 0 Å². The Kier molecular flexibility index (Phi) is 5.28. The Labute approximate surface area is 120 Å². The van der Waals surface area contributed by atoms with Gasteiger partial charge in [0, 0.05) is 9.85 Å². The second-order valence-electron chi connectivity index (χ2n) is 4.17. The fourth-order valence-electron chi connectivity index (χ4n) is 1.82. The first-order valence-corrected chi connectivity index (χ1v) is 7.67. The molecule has 1 aromatic heterocycles. The largest absolute Gasteiger partial charge is 0.308 e. The van der Waals surface area contributed by atoms with Gasteiger partial charge in [-0.1, -0.05) is 39.5 Å². The quantitative estimate of drug-likeness (QED) is 0.882. The molecule has 2 aromatic rings. The number of aromatic nitrogens is 2. The molecule has 0 amide bonds. The van der Waals surface area contributed by atoms with Crippen molar-refractivity contribution in [2.75, 3.05) is 6.54 Å². The summed E-state index contributed by atoms with van der Waals surface area (Å²) in [5.74, 6) is 0. The van der Waals surface area contributed by atoms with Crippen molar-refractivity contribution < 1.29 is 0 Å². The van der Waals surface area contributed by atoms with Crippen LogP contribution in [-0.2, 0) is 6.42 Å². The minimum atomic E-state index is 0.248. The highest BCUT2D eigenvalue weighted by atomic mass is 79.9. The van der Waals surface area contributed by atoms with E-state index in [2.05, 4.69) is 56.0 Å². The van der Waals surface area contributed by atoms with Crippen molar-refractivity contribution in [2.24, 2.45) is 0 Å². The SMILES string of the molecule is CCCNC(Cc1cccc(Br)c1)c1csnn1. The lowest BCUT2D eigenvalue weighted by Gasteiger charge is -2.16. The molecule has 1 heterocycles. The van der Waals surface area contributed by atoms with Crippen LogP contribution in [0.25, 0.3) is 0 Å². The summed E-state index contributed by atoms with van der Waals surface area (Å²) in [5.41, 5.74) is 2.33. The molecule has 1 N–H and O–H groups in total. The summed E-state index contributed by atoms with van der Waals surface area (Å²) in [7, 11) is 0. The molecule has 1 aromatic carbocycles. The molecule has 0 aliphatic heterocycles. The van der Waals surface area contributed by atoms with Crippen molar-refractivity contribution in [1.82, 2.24) is 14.9 Å². The highest BCUT2D eigenvalue weighted by Crippen LogP contribution is 2.20. The Hall–Kier alpha value is -0.780. The summed E-state index contributed by atoms with van der Waals surface area (Å²) in [4.78, 5) is 0. The van der Waals surface area contributed by atoms with Gasteiger partial charge in [-0.3, -0.25) is 0 Å². The molecule has 0 saturated carbocycles. The van der Waals surface area contributed by atoms with Crippen molar-refractivity contribution in [3.63, 3.8) is 0 Å². The zero-order valence-electron chi connectivity index (χ0n) is 10.3. The maximum Gasteiger partial charge on any atom is 0.0928 e. The molecule has 0 aliphatic rings. The number of hydrogen-bond donors (Lipinski definition) is 1. The van der Waals surface area contributed by atoms with E-state index in [0.29, 0.717) is 0 Å². The van der Waals surface area contributed by atoms with Crippen LogP contribution >= 0.6 is 27.5 Å². The molecule has 0 radical (unpaired) electrons. The summed E-state index contributed by atoms with van der Waals surface area (Å²) in [6, 6.07) is 8.65. The molecule has 0 fully saturated rings. The third-order valence-corrected chi connectivity index (χ3v) is 3.72. The molecule has 0 spiro atoms. The van der Waals surface area contributed by atoms with Crippen molar-refractivity contribution in [1.29, 1.82) is 0 Å². The monoisotopic (exact) mass is 325 g/mol. The zero-order valence-corrected chi connectivity index (χ0v) is 12.7. The molecule has 3 nitrogen and oxygen atoms in total. The van der Waals surface area contributed by atoms with E-state index in [-0.39, 0.29) is 6.04 Å². The predicted octanol–water partition coefficient (Wildman–Crippen LogP) is 3.58. The lowest BCUT2D eigenvalue weighted by atomic mass is 10.0. The van der Waals surface area contributed by atoms with Crippen LogP contribution in [0, 0.1) is 0 Å². The fraction of sp³-hybridized carbons (Fsp3) is 0.385. The average Bonchev–Trinajstić information content (AvgIpc) is 2.88. The third-order valence-electron chi connectivity index (χ3n) is 2.70. The Bertz CT molecular complexity index is 473. The highest BCUT2D eigenvalue weighted by Gasteiger charge is 2.14. The van der Waals surface area contributed by atoms with Gasteiger partial charge in [0.05, 0.1) is 11.7 Å². The van der Waals surface area contributed by atoms with Crippen LogP contribution < -0.4 is 5.32 Å². The molecule has 0 aliphatic carbocycles. The van der Waals surface area contributed by atoms with E-state index < -0.39 is 0 Å². The van der Waals surface area contributed by atoms with Crippen LogP contribution in [-0.4, -0.2) is 16.1 Å². The van der Waals surface area contributed by atoms with Crippen LogP contribution in [0.1, 0.15) is 30.6 Å². The summed E-state index contributed by atoms with van der Waals surface area (Å²) >= 11 is 4.91. The van der Waals surface area contributed by atoms with E-state index in [4.69, 9.17) is 0 Å². The highest BCUT2D eigenvalue weighted by molar-refractivity contribution is 9.10. The third kappa shape index (κ3) is 3.86. The molecular formula is C13H16BrN3S. The van der Waals surface area contributed by atoms with Gasteiger partial charge in [-0.25, -0.2) is 0 Å². The topological polar surface area (TPSA) is 37.8 Å². The summed E-state index contributed by atoms with van der Waals surface area (Å²) in [5, 5.41) is 9.73. The molecule has 5 heteroatoms. The normalized spacial score (nSPS) is 12.6. The lowest BCUT2D eigenvalue weighted by molar-refractivity contribution is 0.517. The van der Waals surface area contributed by atoms with Gasteiger partial charge in [-0.2, -0.15) is 0 Å². The molecule has 0 saturated heterocycles. The number of benzene rings is 1. The molecule has 2 rings (SSSR count). The fourth-order valence-corrected chi connectivity index (χ4v) is 2.78. The van der Waals surface area contributed by atoms with E-state index in [1.54, 1.807) is 0 Å². The van der Waals surface area contributed by atoms with Gasteiger partial charge in [0.2, 0.25) is 0 Å². The minimum Gasteiger partial charge on any atom is -0.308 e. The summed E-state index contributed by atoms with van der Waals surface area (Å²) < 4.78 is 5.07. The van der Waals surface area contributed by atoms with E-state index >= 15 is 0 Å². The smallest absolute Gasteiger partial charge is 0.0928 e. The maximum absolute atomic E-state index is 4.18. The molecule has 1 atom stereocenters. The van der Waals surface area contributed by atoms with Crippen molar-refractivity contribution >= 4 is 27.5 Å². The first-order valence-electron chi connectivity index (χ1n) is 6.04. The number of nitrogens with one attached hydrogen (secondary N) is 1. The molecule has 96 valence electrons. The van der Waals surface area contributed by atoms with Gasteiger partial charge in [0.1, 0.15) is 0 Å². The molecule has 0 bridgehead atoms. The molecule has 18 heavy (non-hydrogen) atoms. The van der Waals surface area contributed by atoms with E-state index in [1.807, 2.05) is 11.4 Å². The number of hydrogen-bond acceptors (Lipinski definition) is 4. The van der Waals surface area contributed by atoms with Crippen molar-refractivity contribution in [3.8, 4) is 0 Å². The van der Waals surface area contributed by atoms with Crippen LogP contribution in [0.2, 0.25) is 0 Å². The molecular weight excluding hydrogens is 310 g/mol. The van der Waals surface area contributed by atoms with E-state index in [0.717, 1.165) is 29.6 Å². The summed E-state index contributed by atoms with van der Waals surface area (Å²) in [6.07, 6.45) is 2.05. The number of halogens is 1. The Morgan fingerprint density at radius 3 is 3.00 bits per heavy atom. The van der Waals surface area contributed by atoms with Gasteiger partial charge in [-0.05, 0) is 48.6 Å². The van der Waals surface area contributed by atoms with Gasteiger partial charge in [0.25, 0.3) is 0 Å². The second kappa shape index (κ2) is 6.97. The Morgan fingerprint density at radius 2 is 2.33 bits per heavy atom. The van der Waals surface area contributed by atoms with Crippen LogP contribution in [0.3, 0.4) is 0 Å². The predicted molar refractivity (Wildman–Crippen MR) is 78.8 cm³/mol. The van der Waals surface area contributed by atoms with Crippen LogP contribution in [0.15, 0.2) is 34.1 Å². The van der Waals surface area contributed by atoms with Gasteiger partial charge < -0.3 is 5.32 Å². The van der Waals surface area contributed by atoms with Crippen molar-refractivity contribution in [2.45, 2.75) is 25.8 Å². The minimum absolute atomic E-state index is 0.248. The van der Waals surface area contributed by atoms with Crippen LogP contribution in [0.4, 0.5) is 0 Å². The standard InChI is InChI=1S/C13H16BrN3S/c1-2-6-15-12(13-9-18-17-16-13)8-10-4-3-5-11(14)7-10/h3-5,7,9,12,15H,2,6,8H2,1H3. The van der Waals surface area contributed by atoms with Crippen molar-refractivity contribution in [3.05, 3.63) is 45.4 Å². The number of nitrogens with zero attached hydrogens (tertiary/aromatic N) is 2. The van der Waals surface area contributed by atoms with E-state index in [1.165, 1.54) is 17.1 Å². The average molecular weight is 326 g/mol. The summed E-state index contributed by atoms with van der Waals surface area (Å²) in [6.45, 7) is 3.17. The lowest BCUT2D eigenvalue weighted by Crippen LogP contribution is -2.24. The first-order chi connectivity index (χ1) is 8.79. The second-order valence-corrected chi connectivity index (χ2v) is 5.70. The molecule has 1 unspecified atom stereocenters. The Balaban J connectivity index is 2.10. The maximum atomic E-state index is 4.18.